The van der Waals surface area contributed by atoms with E-state index in [0.717, 1.165) is 17.2 Å². The van der Waals surface area contributed by atoms with Gasteiger partial charge in [-0.15, -0.1) is 10.2 Å². The monoisotopic (exact) mass is 217 g/mol. The Morgan fingerprint density at radius 2 is 2.12 bits per heavy atom. The summed E-state index contributed by atoms with van der Waals surface area (Å²) in [6.07, 6.45) is 2.41. The summed E-state index contributed by atoms with van der Waals surface area (Å²) in [6, 6.07) is 2.03. The Hall–Kier alpha value is -1.49. The van der Waals surface area contributed by atoms with Gasteiger partial charge in [-0.2, -0.15) is 0 Å². The summed E-state index contributed by atoms with van der Waals surface area (Å²) < 4.78 is 1.97. The van der Waals surface area contributed by atoms with Crippen molar-refractivity contribution in [3.05, 3.63) is 23.3 Å². The Kier molecular flexibility index (Phi) is 1.97. The van der Waals surface area contributed by atoms with Crippen LogP contribution < -0.4 is 5.73 Å². The molecule has 2 heterocycles. The molecule has 1 aliphatic carbocycles. The van der Waals surface area contributed by atoms with Gasteiger partial charge in [0.25, 0.3) is 5.78 Å². The van der Waals surface area contributed by atoms with Gasteiger partial charge in [-0.1, -0.05) is 0 Å². The minimum atomic E-state index is -0.00166. The number of nitrogens with two attached hydrogens (primary N) is 1. The smallest absolute Gasteiger partial charge is 0.255 e. The van der Waals surface area contributed by atoms with E-state index >= 15 is 0 Å². The van der Waals surface area contributed by atoms with Crippen molar-refractivity contribution in [2.24, 2.45) is 11.7 Å². The number of rotatable bonds is 2. The maximum Gasteiger partial charge on any atom is 0.255 e. The van der Waals surface area contributed by atoms with Crippen molar-refractivity contribution >= 4 is 5.78 Å². The van der Waals surface area contributed by atoms with E-state index in [1.165, 1.54) is 12.8 Å². The number of fused-ring (bicyclic) bond motifs is 1. The highest BCUT2D eigenvalue weighted by atomic mass is 15.3. The molecule has 0 amide bonds. The van der Waals surface area contributed by atoms with E-state index in [1.54, 1.807) is 0 Å². The second-order valence-electron chi connectivity index (χ2n) is 4.60. The highest BCUT2D eigenvalue weighted by Gasteiger charge is 2.32. The summed E-state index contributed by atoms with van der Waals surface area (Å²) in [5, 5.41) is 8.28. The molecule has 84 valence electrons. The molecule has 1 aliphatic rings. The van der Waals surface area contributed by atoms with E-state index in [9.17, 15) is 0 Å². The molecule has 5 heteroatoms. The molecule has 2 aromatic rings. The third-order valence-electron chi connectivity index (χ3n) is 3.15. The summed E-state index contributed by atoms with van der Waals surface area (Å²) in [5.74, 6) is 2.08. The molecule has 5 nitrogen and oxygen atoms in total. The molecular weight excluding hydrogens is 202 g/mol. The summed E-state index contributed by atoms with van der Waals surface area (Å²) in [5.41, 5.74) is 8.22. The van der Waals surface area contributed by atoms with Crippen molar-refractivity contribution in [1.29, 1.82) is 0 Å². The molecular formula is C11H15N5. The number of aryl methyl sites for hydroxylation is 2. The van der Waals surface area contributed by atoms with Gasteiger partial charge in [0.1, 0.15) is 0 Å². The summed E-state index contributed by atoms with van der Waals surface area (Å²) in [4.78, 5) is 4.35. The summed E-state index contributed by atoms with van der Waals surface area (Å²) in [7, 11) is 0. The maximum atomic E-state index is 6.17. The zero-order chi connectivity index (χ0) is 11.3. The zero-order valence-electron chi connectivity index (χ0n) is 9.51. The van der Waals surface area contributed by atoms with Crippen LogP contribution in [0.3, 0.4) is 0 Å². The average molecular weight is 217 g/mol. The van der Waals surface area contributed by atoms with Gasteiger partial charge in [0.15, 0.2) is 5.82 Å². The van der Waals surface area contributed by atoms with Crippen LogP contribution in [-0.4, -0.2) is 19.6 Å². The van der Waals surface area contributed by atoms with Crippen molar-refractivity contribution in [3.63, 3.8) is 0 Å². The fraction of sp³-hybridized carbons (Fsp3) is 0.545. The predicted octanol–water partition coefficient (Wildman–Crippen LogP) is 1.15. The molecule has 0 saturated heterocycles. The van der Waals surface area contributed by atoms with Gasteiger partial charge in [0, 0.05) is 11.4 Å². The molecule has 1 unspecified atom stereocenters. The van der Waals surface area contributed by atoms with Crippen LogP contribution in [0.2, 0.25) is 0 Å². The van der Waals surface area contributed by atoms with Gasteiger partial charge in [0.2, 0.25) is 0 Å². The molecule has 3 rings (SSSR count). The van der Waals surface area contributed by atoms with E-state index in [-0.39, 0.29) is 6.04 Å². The van der Waals surface area contributed by atoms with Crippen LogP contribution in [-0.2, 0) is 0 Å². The molecule has 1 saturated carbocycles. The predicted molar refractivity (Wildman–Crippen MR) is 59.9 cm³/mol. The van der Waals surface area contributed by atoms with Gasteiger partial charge >= 0.3 is 0 Å². The molecule has 1 fully saturated rings. The molecule has 0 aliphatic heterocycles. The van der Waals surface area contributed by atoms with Crippen LogP contribution in [0.15, 0.2) is 6.07 Å². The summed E-state index contributed by atoms with van der Waals surface area (Å²) >= 11 is 0. The molecule has 1 atom stereocenters. The van der Waals surface area contributed by atoms with E-state index in [4.69, 9.17) is 5.73 Å². The average Bonchev–Trinajstić information content (AvgIpc) is 2.98. The number of hydrogen-bond donors (Lipinski definition) is 1. The Morgan fingerprint density at radius 1 is 1.38 bits per heavy atom. The fourth-order valence-corrected chi connectivity index (χ4v) is 2.14. The minimum Gasteiger partial charge on any atom is -0.321 e. The highest BCUT2D eigenvalue weighted by molar-refractivity contribution is 5.33. The van der Waals surface area contributed by atoms with Crippen molar-refractivity contribution in [3.8, 4) is 0 Å². The molecule has 0 aromatic carbocycles. The second-order valence-corrected chi connectivity index (χ2v) is 4.60. The van der Waals surface area contributed by atoms with Gasteiger partial charge in [-0.3, -0.25) is 4.40 Å². The van der Waals surface area contributed by atoms with Crippen molar-refractivity contribution in [2.75, 3.05) is 0 Å². The third kappa shape index (κ3) is 1.39. The Labute approximate surface area is 93.7 Å². The molecule has 16 heavy (non-hydrogen) atoms. The Morgan fingerprint density at radius 3 is 2.81 bits per heavy atom. The van der Waals surface area contributed by atoms with Crippen LogP contribution in [0.5, 0.6) is 0 Å². The Bertz CT molecular complexity index is 541. The Balaban J connectivity index is 2.18. The van der Waals surface area contributed by atoms with Crippen molar-refractivity contribution in [1.82, 2.24) is 19.6 Å². The lowest BCUT2D eigenvalue weighted by molar-refractivity contribution is 0.584. The highest BCUT2D eigenvalue weighted by Crippen LogP contribution is 2.38. The topological polar surface area (TPSA) is 69.1 Å². The number of hydrogen-bond acceptors (Lipinski definition) is 4. The van der Waals surface area contributed by atoms with E-state index in [1.807, 2.05) is 24.3 Å². The SMILES string of the molecule is Cc1cc(C)n2c(C(N)C3CC3)nnc2n1. The van der Waals surface area contributed by atoms with Gasteiger partial charge in [-0.05, 0) is 38.7 Å². The van der Waals surface area contributed by atoms with Gasteiger partial charge in [-0.25, -0.2) is 4.98 Å². The van der Waals surface area contributed by atoms with Crippen LogP contribution in [0.4, 0.5) is 0 Å². The second kappa shape index (κ2) is 3.25. The lowest BCUT2D eigenvalue weighted by Gasteiger charge is -2.09. The van der Waals surface area contributed by atoms with Crippen LogP contribution >= 0.6 is 0 Å². The quantitative estimate of drug-likeness (QED) is 0.819. The lowest BCUT2D eigenvalue weighted by Crippen LogP contribution is -2.17. The standard InChI is InChI=1S/C11H15N5/c1-6-5-7(2)16-10(9(12)8-3-4-8)14-15-11(16)13-6/h5,8-9H,3-4,12H2,1-2H3. The lowest BCUT2D eigenvalue weighted by atomic mass is 10.2. The first-order chi connectivity index (χ1) is 7.66. The van der Waals surface area contributed by atoms with Crippen LogP contribution in [0.1, 0.15) is 36.1 Å². The molecule has 0 radical (unpaired) electrons. The molecule has 2 N–H and O–H groups in total. The largest absolute Gasteiger partial charge is 0.321 e. The van der Waals surface area contributed by atoms with Gasteiger partial charge < -0.3 is 5.73 Å². The van der Waals surface area contributed by atoms with Crippen LogP contribution in [0, 0.1) is 19.8 Å². The van der Waals surface area contributed by atoms with Gasteiger partial charge in [0.05, 0.1) is 6.04 Å². The van der Waals surface area contributed by atoms with Crippen molar-refractivity contribution in [2.45, 2.75) is 32.7 Å². The van der Waals surface area contributed by atoms with Crippen LogP contribution in [0.25, 0.3) is 5.78 Å². The third-order valence-corrected chi connectivity index (χ3v) is 3.15. The first kappa shape index (κ1) is 9.72. The van der Waals surface area contributed by atoms with E-state index in [2.05, 4.69) is 15.2 Å². The first-order valence-corrected chi connectivity index (χ1v) is 5.61. The fourth-order valence-electron chi connectivity index (χ4n) is 2.14. The van der Waals surface area contributed by atoms with Crippen molar-refractivity contribution < 1.29 is 0 Å². The molecule has 2 aromatic heterocycles. The minimum absolute atomic E-state index is 0.00166. The van der Waals surface area contributed by atoms with E-state index in [0.29, 0.717) is 11.7 Å². The van der Waals surface area contributed by atoms with E-state index < -0.39 is 0 Å². The number of nitrogens with zero attached hydrogens (tertiary/aromatic N) is 4. The summed E-state index contributed by atoms with van der Waals surface area (Å²) in [6.45, 7) is 4.00. The molecule has 0 bridgehead atoms. The maximum absolute atomic E-state index is 6.17. The number of aromatic nitrogens is 4. The normalized spacial score (nSPS) is 17.9. The molecule has 0 spiro atoms. The zero-order valence-corrected chi connectivity index (χ0v) is 9.51. The first-order valence-electron chi connectivity index (χ1n) is 5.61.